The van der Waals surface area contributed by atoms with Crippen molar-refractivity contribution in [1.29, 1.82) is 0 Å². The van der Waals surface area contributed by atoms with Gasteiger partial charge in [-0.3, -0.25) is 4.79 Å². The molecule has 0 fully saturated rings. The van der Waals surface area contributed by atoms with Gasteiger partial charge in [0, 0.05) is 24.4 Å². The van der Waals surface area contributed by atoms with Crippen LogP contribution in [0.5, 0.6) is 0 Å². The number of ketones is 1. The molecule has 0 saturated heterocycles. The minimum absolute atomic E-state index is 0.243. The van der Waals surface area contributed by atoms with Gasteiger partial charge in [-0.1, -0.05) is 31.9 Å². The quantitative estimate of drug-likeness (QED) is 0.547. The Kier molecular flexibility index (Phi) is 4.35. The molecule has 0 aliphatic heterocycles. The summed E-state index contributed by atoms with van der Waals surface area (Å²) in [6.45, 7) is 2.15. The molecule has 1 heterocycles. The molecule has 0 unspecified atom stereocenters. The number of Topliss-reactive ketones (excluding diaryl/α,β-unsaturated/α-hetero) is 1. The molecule has 1 aromatic heterocycles. The van der Waals surface area contributed by atoms with Gasteiger partial charge >= 0.3 is 0 Å². The number of benzene rings is 1. The van der Waals surface area contributed by atoms with Crippen molar-refractivity contribution in [3.05, 3.63) is 54.4 Å². The van der Waals surface area contributed by atoms with Crippen molar-refractivity contribution in [3.63, 3.8) is 0 Å². The van der Waals surface area contributed by atoms with Crippen LogP contribution in [0.15, 0.2) is 48.8 Å². The fourth-order valence-corrected chi connectivity index (χ4v) is 2.10. The normalized spacial score (nSPS) is 10.5. The number of nitrogens with zero attached hydrogens (tertiary/aromatic N) is 1. The summed E-state index contributed by atoms with van der Waals surface area (Å²) in [5.41, 5.74) is 1.80. The van der Waals surface area contributed by atoms with Crippen LogP contribution in [0.4, 0.5) is 0 Å². The van der Waals surface area contributed by atoms with E-state index in [-0.39, 0.29) is 5.78 Å². The van der Waals surface area contributed by atoms with E-state index in [9.17, 15) is 4.79 Å². The van der Waals surface area contributed by atoms with Crippen LogP contribution in [-0.2, 0) is 0 Å². The number of hydrogen-bond donors (Lipinski definition) is 0. The van der Waals surface area contributed by atoms with E-state index in [4.69, 9.17) is 0 Å². The molecule has 0 N–H and O–H groups in total. The fourth-order valence-electron chi connectivity index (χ4n) is 2.10. The Morgan fingerprint density at radius 2 is 1.78 bits per heavy atom. The summed E-state index contributed by atoms with van der Waals surface area (Å²) in [4.78, 5) is 12.2. The minimum Gasteiger partial charge on any atom is -0.323 e. The lowest BCUT2D eigenvalue weighted by molar-refractivity contribution is 0.0979. The average molecular weight is 241 g/mol. The van der Waals surface area contributed by atoms with Crippen LogP contribution in [0.2, 0.25) is 0 Å². The van der Waals surface area contributed by atoms with Gasteiger partial charge in [0.25, 0.3) is 0 Å². The molecule has 0 atom stereocenters. The van der Waals surface area contributed by atoms with Gasteiger partial charge in [-0.25, -0.2) is 0 Å². The third-order valence-corrected chi connectivity index (χ3v) is 3.09. The maximum absolute atomic E-state index is 12.2. The first-order valence-corrected chi connectivity index (χ1v) is 6.58. The molecular weight excluding hydrogens is 222 g/mol. The van der Waals surface area contributed by atoms with Crippen LogP contribution in [0.25, 0.3) is 5.69 Å². The molecule has 0 radical (unpaired) electrons. The molecule has 18 heavy (non-hydrogen) atoms. The van der Waals surface area contributed by atoms with E-state index < -0.39 is 0 Å². The Hall–Kier alpha value is -1.83. The second-order valence-electron chi connectivity index (χ2n) is 4.49. The van der Waals surface area contributed by atoms with E-state index in [2.05, 4.69) is 6.92 Å². The molecule has 0 aliphatic carbocycles. The SMILES string of the molecule is CCCCCC(=O)c1ccccc1-n1cccc1. The topological polar surface area (TPSA) is 22.0 Å². The third kappa shape index (κ3) is 2.89. The Balaban J connectivity index is 2.20. The summed E-state index contributed by atoms with van der Waals surface area (Å²) in [7, 11) is 0. The maximum Gasteiger partial charge on any atom is 0.164 e. The number of rotatable bonds is 6. The predicted octanol–water partition coefficient (Wildman–Crippen LogP) is 4.24. The van der Waals surface area contributed by atoms with Gasteiger partial charge in [0.2, 0.25) is 0 Å². The Morgan fingerprint density at radius 1 is 1.06 bits per heavy atom. The molecule has 0 saturated carbocycles. The zero-order valence-electron chi connectivity index (χ0n) is 10.8. The third-order valence-electron chi connectivity index (χ3n) is 3.09. The van der Waals surface area contributed by atoms with Crippen LogP contribution in [0, 0.1) is 0 Å². The highest BCUT2D eigenvalue weighted by atomic mass is 16.1. The van der Waals surface area contributed by atoms with Gasteiger partial charge in [0.1, 0.15) is 0 Å². The van der Waals surface area contributed by atoms with Crippen molar-refractivity contribution in [3.8, 4) is 5.69 Å². The smallest absolute Gasteiger partial charge is 0.164 e. The van der Waals surface area contributed by atoms with Crippen molar-refractivity contribution in [2.24, 2.45) is 0 Å². The lowest BCUT2D eigenvalue weighted by Gasteiger charge is -2.09. The van der Waals surface area contributed by atoms with Crippen LogP contribution in [-0.4, -0.2) is 10.4 Å². The standard InChI is InChI=1S/C16H19NO/c1-2-3-4-11-16(18)14-9-5-6-10-15(14)17-12-7-8-13-17/h5-10,12-13H,2-4,11H2,1H3. The number of para-hydroxylation sites is 1. The molecule has 2 rings (SSSR count). The number of carbonyl (C=O) groups excluding carboxylic acids is 1. The predicted molar refractivity (Wildman–Crippen MR) is 74.2 cm³/mol. The summed E-state index contributed by atoms with van der Waals surface area (Å²) in [5.74, 6) is 0.243. The van der Waals surface area contributed by atoms with Crippen LogP contribution < -0.4 is 0 Å². The lowest BCUT2D eigenvalue weighted by Crippen LogP contribution is -2.05. The van der Waals surface area contributed by atoms with Gasteiger partial charge in [-0.05, 0) is 30.7 Å². The Morgan fingerprint density at radius 3 is 2.50 bits per heavy atom. The lowest BCUT2D eigenvalue weighted by atomic mass is 10.0. The molecule has 94 valence electrons. The van der Waals surface area contributed by atoms with Gasteiger partial charge in [-0.15, -0.1) is 0 Å². The van der Waals surface area contributed by atoms with Crippen LogP contribution in [0.3, 0.4) is 0 Å². The molecule has 1 aromatic carbocycles. The summed E-state index contributed by atoms with van der Waals surface area (Å²) in [6.07, 6.45) is 7.84. The largest absolute Gasteiger partial charge is 0.323 e. The van der Waals surface area contributed by atoms with Gasteiger partial charge < -0.3 is 4.57 Å². The highest BCUT2D eigenvalue weighted by Gasteiger charge is 2.11. The van der Waals surface area contributed by atoms with Crippen molar-refractivity contribution >= 4 is 5.78 Å². The van der Waals surface area contributed by atoms with E-state index in [1.807, 2.05) is 53.4 Å². The highest BCUT2D eigenvalue weighted by molar-refractivity contribution is 5.99. The fraction of sp³-hybridized carbons (Fsp3) is 0.312. The van der Waals surface area contributed by atoms with E-state index in [0.29, 0.717) is 6.42 Å². The number of unbranched alkanes of at least 4 members (excludes halogenated alkanes) is 2. The molecule has 0 amide bonds. The van der Waals surface area contributed by atoms with E-state index in [1.165, 1.54) is 0 Å². The second kappa shape index (κ2) is 6.20. The molecule has 0 spiro atoms. The first-order chi connectivity index (χ1) is 8.83. The number of aromatic nitrogens is 1. The zero-order chi connectivity index (χ0) is 12.8. The van der Waals surface area contributed by atoms with Crippen LogP contribution in [0.1, 0.15) is 43.0 Å². The first kappa shape index (κ1) is 12.6. The minimum atomic E-state index is 0.243. The van der Waals surface area contributed by atoms with Crippen molar-refractivity contribution in [2.75, 3.05) is 0 Å². The van der Waals surface area contributed by atoms with Gasteiger partial charge in [0.15, 0.2) is 5.78 Å². The van der Waals surface area contributed by atoms with E-state index in [0.717, 1.165) is 30.5 Å². The average Bonchev–Trinajstić information content (AvgIpc) is 2.93. The molecule has 2 heteroatoms. The maximum atomic E-state index is 12.2. The van der Waals surface area contributed by atoms with Crippen molar-refractivity contribution in [1.82, 2.24) is 4.57 Å². The molecule has 2 aromatic rings. The Labute approximate surface area is 108 Å². The van der Waals surface area contributed by atoms with E-state index in [1.54, 1.807) is 0 Å². The molecule has 0 bridgehead atoms. The monoisotopic (exact) mass is 241 g/mol. The second-order valence-corrected chi connectivity index (χ2v) is 4.49. The number of carbonyl (C=O) groups is 1. The molecule has 2 nitrogen and oxygen atoms in total. The number of hydrogen-bond acceptors (Lipinski definition) is 1. The zero-order valence-corrected chi connectivity index (χ0v) is 10.8. The summed E-state index contributed by atoms with van der Waals surface area (Å²) in [6, 6.07) is 11.8. The summed E-state index contributed by atoms with van der Waals surface area (Å²) < 4.78 is 1.99. The van der Waals surface area contributed by atoms with Crippen molar-refractivity contribution in [2.45, 2.75) is 32.6 Å². The molecular formula is C16H19NO. The summed E-state index contributed by atoms with van der Waals surface area (Å²) in [5, 5.41) is 0. The first-order valence-electron chi connectivity index (χ1n) is 6.58. The summed E-state index contributed by atoms with van der Waals surface area (Å²) >= 11 is 0. The van der Waals surface area contributed by atoms with Crippen LogP contribution >= 0.6 is 0 Å². The van der Waals surface area contributed by atoms with Gasteiger partial charge in [0.05, 0.1) is 5.69 Å². The van der Waals surface area contributed by atoms with Crippen molar-refractivity contribution < 1.29 is 4.79 Å². The van der Waals surface area contributed by atoms with E-state index >= 15 is 0 Å². The highest BCUT2D eigenvalue weighted by Crippen LogP contribution is 2.17. The Bertz CT molecular complexity index is 500. The van der Waals surface area contributed by atoms with Gasteiger partial charge in [-0.2, -0.15) is 0 Å². The molecule has 0 aliphatic rings.